The van der Waals surface area contributed by atoms with E-state index >= 15 is 0 Å². The van der Waals surface area contributed by atoms with Gasteiger partial charge in [-0.3, -0.25) is 4.79 Å². The van der Waals surface area contributed by atoms with Crippen LogP contribution in [0.15, 0.2) is 24.3 Å². The highest BCUT2D eigenvalue weighted by atomic mass is 16.5. The number of carbonyl (C=O) groups excluding carboxylic acids is 1. The van der Waals surface area contributed by atoms with Gasteiger partial charge in [0, 0.05) is 24.2 Å². The lowest BCUT2D eigenvalue weighted by Crippen LogP contribution is -2.38. The number of rotatable bonds is 6. The van der Waals surface area contributed by atoms with Gasteiger partial charge in [0.25, 0.3) is 0 Å². The van der Waals surface area contributed by atoms with E-state index in [0.29, 0.717) is 18.9 Å². The highest BCUT2D eigenvalue weighted by Crippen LogP contribution is 2.21. The first-order valence-electron chi connectivity index (χ1n) is 7.47. The standard InChI is InChI=1S/C17H28N2O2/c1-12(2)11-21-14-8-6-7-13(9-14)19-16(20)10-15(18)17(3,4)5/h6-9,12,15H,10-11,18H2,1-5H3,(H,19,20). The lowest BCUT2D eigenvalue weighted by Gasteiger charge is -2.26. The van der Waals surface area contributed by atoms with Gasteiger partial charge < -0.3 is 15.8 Å². The van der Waals surface area contributed by atoms with Crippen LogP contribution in [0, 0.1) is 11.3 Å². The van der Waals surface area contributed by atoms with Crippen molar-refractivity contribution >= 4 is 11.6 Å². The largest absolute Gasteiger partial charge is 0.493 e. The Bertz CT molecular complexity index is 464. The van der Waals surface area contributed by atoms with E-state index in [2.05, 4.69) is 19.2 Å². The zero-order valence-electron chi connectivity index (χ0n) is 13.8. The molecule has 1 amide bonds. The number of nitrogens with one attached hydrogen (secondary N) is 1. The molecular formula is C17H28N2O2. The Kier molecular flexibility index (Phi) is 6.21. The van der Waals surface area contributed by atoms with Gasteiger partial charge in [-0.05, 0) is 23.5 Å². The summed E-state index contributed by atoms with van der Waals surface area (Å²) in [4.78, 5) is 12.0. The zero-order valence-corrected chi connectivity index (χ0v) is 13.8. The molecule has 1 unspecified atom stereocenters. The van der Waals surface area contributed by atoms with Crippen LogP contribution in [0.25, 0.3) is 0 Å². The SMILES string of the molecule is CC(C)COc1cccc(NC(=O)CC(N)C(C)(C)C)c1. The topological polar surface area (TPSA) is 64.3 Å². The van der Waals surface area contributed by atoms with Crippen molar-refractivity contribution in [3.63, 3.8) is 0 Å². The third-order valence-corrected chi connectivity index (χ3v) is 3.22. The lowest BCUT2D eigenvalue weighted by molar-refractivity contribution is -0.117. The summed E-state index contributed by atoms with van der Waals surface area (Å²) in [7, 11) is 0. The maximum atomic E-state index is 12.0. The van der Waals surface area contributed by atoms with Gasteiger partial charge in [0.2, 0.25) is 5.91 Å². The molecule has 3 N–H and O–H groups in total. The van der Waals surface area contributed by atoms with Crippen LogP contribution in [0.1, 0.15) is 41.0 Å². The molecule has 0 saturated carbocycles. The Labute approximate surface area is 128 Å². The molecule has 4 heteroatoms. The number of anilines is 1. The molecule has 0 aliphatic heterocycles. The van der Waals surface area contributed by atoms with Crippen LogP contribution in [-0.2, 0) is 4.79 Å². The zero-order chi connectivity index (χ0) is 16.0. The van der Waals surface area contributed by atoms with Gasteiger partial charge in [-0.25, -0.2) is 0 Å². The second kappa shape index (κ2) is 7.46. The number of ether oxygens (including phenoxy) is 1. The first-order chi connectivity index (χ1) is 9.68. The maximum Gasteiger partial charge on any atom is 0.225 e. The van der Waals surface area contributed by atoms with E-state index in [0.717, 1.165) is 11.4 Å². The third-order valence-electron chi connectivity index (χ3n) is 3.22. The molecule has 0 spiro atoms. The Morgan fingerprint density at radius 2 is 2.00 bits per heavy atom. The van der Waals surface area contributed by atoms with Crippen LogP contribution < -0.4 is 15.8 Å². The van der Waals surface area contributed by atoms with Crippen LogP contribution in [-0.4, -0.2) is 18.6 Å². The number of hydrogen-bond acceptors (Lipinski definition) is 3. The number of hydrogen-bond donors (Lipinski definition) is 2. The molecular weight excluding hydrogens is 264 g/mol. The van der Waals surface area contributed by atoms with Gasteiger partial charge in [0.1, 0.15) is 5.75 Å². The minimum Gasteiger partial charge on any atom is -0.493 e. The Balaban J connectivity index is 2.58. The fourth-order valence-corrected chi connectivity index (χ4v) is 1.64. The third kappa shape index (κ3) is 6.63. The molecule has 0 fully saturated rings. The lowest BCUT2D eigenvalue weighted by atomic mass is 9.85. The van der Waals surface area contributed by atoms with Crippen molar-refractivity contribution in [2.45, 2.75) is 47.1 Å². The van der Waals surface area contributed by atoms with Gasteiger partial charge >= 0.3 is 0 Å². The second-order valence-electron chi connectivity index (χ2n) is 6.96. The van der Waals surface area contributed by atoms with Crippen LogP contribution in [0.4, 0.5) is 5.69 Å². The smallest absolute Gasteiger partial charge is 0.225 e. The normalized spacial score (nSPS) is 13.1. The molecule has 0 radical (unpaired) electrons. The summed E-state index contributed by atoms with van der Waals surface area (Å²) in [5.41, 5.74) is 6.69. The summed E-state index contributed by atoms with van der Waals surface area (Å²) < 4.78 is 5.65. The Morgan fingerprint density at radius 3 is 2.57 bits per heavy atom. The minimum absolute atomic E-state index is 0.0709. The summed E-state index contributed by atoms with van der Waals surface area (Å²) in [5.74, 6) is 1.16. The van der Waals surface area contributed by atoms with Crippen molar-refractivity contribution < 1.29 is 9.53 Å². The number of amides is 1. The average Bonchev–Trinajstić information content (AvgIpc) is 2.35. The molecule has 21 heavy (non-hydrogen) atoms. The molecule has 0 heterocycles. The van der Waals surface area contributed by atoms with Gasteiger partial charge in [0.15, 0.2) is 0 Å². The van der Waals surface area contributed by atoms with E-state index < -0.39 is 0 Å². The van der Waals surface area contributed by atoms with Crippen LogP contribution in [0.2, 0.25) is 0 Å². The predicted octanol–water partition coefficient (Wildman–Crippen LogP) is 3.42. The van der Waals surface area contributed by atoms with E-state index in [9.17, 15) is 4.79 Å². The quantitative estimate of drug-likeness (QED) is 0.844. The van der Waals surface area contributed by atoms with Gasteiger partial charge in [0.05, 0.1) is 6.61 Å². The summed E-state index contributed by atoms with van der Waals surface area (Å²) >= 11 is 0. The fourth-order valence-electron chi connectivity index (χ4n) is 1.64. The minimum atomic E-state index is -0.169. The van der Waals surface area contributed by atoms with Crippen molar-refractivity contribution in [3.05, 3.63) is 24.3 Å². The Hall–Kier alpha value is -1.55. The highest BCUT2D eigenvalue weighted by Gasteiger charge is 2.23. The highest BCUT2D eigenvalue weighted by molar-refractivity contribution is 5.91. The molecule has 4 nitrogen and oxygen atoms in total. The molecule has 0 aliphatic carbocycles. The second-order valence-corrected chi connectivity index (χ2v) is 6.96. The van der Waals surface area contributed by atoms with Crippen LogP contribution in [0.3, 0.4) is 0 Å². The first kappa shape index (κ1) is 17.5. The summed E-state index contributed by atoms with van der Waals surface area (Å²) in [6, 6.07) is 7.28. The molecule has 1 aromatic rings. The van der Waals surface area contributed by atoms with Crippen LogP contribution >= 0.6 is 0 Å². The van der Waals surface area contributed by atoms with E-state index in [4.69, 9.17) is 10.5 Å². The molecule has 1 aromatic carbocycles. The summed E-state index contributed by atoms with van der Waals surface area (Å²) in [5, 5.41) is 2.87. The van der Waals surface area contributed by atoms with Gasteiger partial charge in [-0.15, -0.1) is 0 Å². The average molecular weight is 292 g/mol. The molecule has 0 bridgehead atoms. The van der Waals surface area contributed by atoms with Crippen LogP contribution in [0.5, 0.6) is 5.75 Å². The summed E-state index contributed by atoms with van der Waals surface area (Å²) in [6.45, 7) is 11.0. The molecule has 0 saturated heterocycles. The predicted molar refractivity (Wildman–Crippen MR) is 87.5 cm³/mol. The van der Waals surface area contributed by atoms with E-state index in [1.165, 1.54) is 0 Å². The maximum absolute atomic E-state index is 12.0. The fraction of sp³-hybridized carbons (Fsp3) is 0.588. The first-order valence-corrected chi connectivity index (χ1v) is 7.47. The molecule has 1 rings (SSSR count). The van der Waals surface area contributed by atoms with Gasteiger partial charge in [-0.2, -0.15) is 0 Å². The molecule has 0 aromatic heterocycles. The molecule has 118 valence electrons. The van der Waals surface area contributed by atoms with E-state index in [1.807, 2.05) is 45.0 Å². The van der Waals surface area contributed by atoms with Crippen molar-refractivity contribution in [2.24, 2.45) is 17.1 Å². The number of benzene rings is 1. The molecule has 0 aliphatic rings. The summed E-state index contributed by atoms with van der Waals surface area (Å²) in [6.07, 6.45) is 0.306. The van der Waals surface area contributed by atoms with Gasteiger partial charge in [-0.1, -0.05) is 40.7 Å². The number of carbonyl (C=O) groups is 1. The van der Waals surface area contributed by atoms with E-state index in [-0.39, 0.29) is 17.4 Å². The Morgan fingerprint density at radius 1 is 1.33 bits per heavy atom. The number of nitrogens with two attached hydrogens (primary N) is 1. The van der Waals surface area contributed by atoms with Crippen molar-refractivity contribution in [1.29, 1.82) is 0 Å². The van der Waals surface area contributed by atoms with Crippen molar-refractivity contribution in [2.75, 3.05) is 11.9 Å². The monoisotopic (exact) mass is 292 g/mol. The molecule has 1 atom stereocenters. The van der Waals surface area contributed by atoms with Crippen molar-refractivity contribution in [1.82, 2.24) is 0 Å². The van der Waals surface area contributed by atoms with Crippen molar-refractivity contribution in [3.8, 4) is 5.75 Å². The van der Waals surface area contributed by atoms with E-state index in [1.54, 1.807) is 0 Å².